The van der Waals surface area contributed by atoms with Crippen LogP contribution in [0.2, 0.25) is 0 Å². The van der Waals surface area contributed by atoms with Crippen LogP contribution in [0.15, 0.2) is 40.2 Å². The predicted octanol–water partition coefficient (Wildman–Crippen LogP) is 6.23. The fourth-order valence-electron chi connectivity index (χ4n) is 3.00. The van der Waals surface area contributed by atoms with Crippen LogP contribution < -0.4 is 0 Å². The summed E-state index contributed by atoms with van der Waals surface area (Å²) < 4.78 is 6.60. The number of rotatable bonds is 6. The quantitative estimate of drug-likeness (QED) is 0.438. The number of morpholine rings is 1. The molecule has 2 nitrogen and oxygen atoms in total. The van der Waals surface area contributed by atoms with Crippen molar-refractivity contribution in [2.75, 3.05) is 32.8 Å². The number of thiophene rings is 3. The number of hydrogen-bond donors (Lipinski definition) is 0. The van der Waals surface area contributed by atoms with Crippen LogP contribution in [0.25, 0.3) is 19.5 Å². The Morgan fingerprint density at radius 2 is 1.48 bits per heavy atom. The summed E-state index contributed by atoms with van der Waals surface area (Å²) in [6.45, 7) is 5.15. The fourth-order valence-corrected chi connectivity index (χ4v) is 6.62. The van der Waals surface area contributed by atoms with Gasteiger partial charge in [0.15, 0.2) is 0 Å². The maximum absolute atomic E-state index is 5.41. The lowest BCUT2D eigenvalue weighted by atomic mass is 10.2. The summed E-state index contributed by atoms with van der Waals surface area (Å²) in [4.78, 5) is 9.48. The zero-order chi connectivity index (χ0) is 17.1. The van der Waals surface area contributed by atoms with E-state index in [0.29, 0.717) is 0 Å². The molecule has 4 rings (SSSR count). The minimum absolute atomic E-state index is 0.894. The van der Waals surface area contributed by atoms with Gasteiger partial charge in [-0.2, -0.15) is 0 Å². The molecular weight excluding hydrogens is 434 g/mol. The number of nitrogens with zero attached hydrogens (tertiary/aromatic N) is 1. The van der Waals surface area contributed by atoms with Crippen molar-refractivity contribution in [2.24, 2.45) is 0 Å². The molecule has 132 valence electrons. The molecule has 1 aliphatic heterocycles. The molecule has 1 saturated heterocycles. The largest absolute Gasteiger partial charge is 0.379 e. The van der Waals surface area contributed by atoms with E-state index in [-0.39, 0.29) is 0 Å². The van der Waals surface area contributed by atoms with Gasteiger partial charge < -0.3 is 4.74 Å². The molecule has 0 atom stereocenters. The van der Waals surface area contributed by atoms with E-state index in [0.717, 1.165) is 26.3 Å². The van der Waals surface area contributed by atoms with Crippen molar-refractivity contribution in [3.05, 3.63) is 45.1 Å². The van der Waals surface area contributed by atoms with Crippen molar-refractivity contribution in [3.63, 3.8) is 0 Å². The van der Waals surface area contributed by atoms with Gasteiger partial charge in [-0.25, -0.2) is 0 Å². The second kappa shape index (κ2) is 8.46. The Morgan fingerprint density at radius 1 is 0.840 bits per heavy atom. The molecule has 3 aromatic rings. The average Bonchev–Trinajstić information content (AvgIpc) is 3.35. The molecular formula is C19H20BrNOS3. The molecule has 0 saturated carbocycles. The Labute approximate surface area is 169 Å². The molecule has 0 unspecified atom stereocenters. The van der Waals surface area contributed by atoms with Crippen molar-refractivity contribution in [2.45, 2.75) is 12.8 Å². The van der Waals surface area contributed by atoms with Gasteiger partial charge in [0, 0.05) is 37.5 Å². The summed E-state index contributed by atoms with van der Waals surface area (Å²) in [7, 11) is 0. The molecule has 1 fully saturated rings. The van der Waals surface area contributed by atoms with E-state index in [9.17, 15) is 0 Å². The Morgan fingerprint density at radius 3 is 2.20 bits per heavy atom. The maximum atomic E-state index is 5.41. The Balaban J connectivity index is 1.35. The highest BCUT2D eigenvalue weighted by Gasteiger charge is 2.11. The highest BCUT2D eigenvalue weighted by atomic mass is 79.9. The third-order valence-corrected chi connectivity index (χ3v) is 8.57. The van der Waals surface area contributed by atoms with Gasteiger partial charge in [0.1, 0.15) is 0 Å². The minimum atomic E-state index is 0.894. The van der Waals surface area contributed by atoms with Crippen LogP contribution in [-0.2, 0) is 11.2 Å². The summed E-state index contributed by atoms with van der Waals surface area (Å²) in [6, 6.07) is 13.4. The third-order valence-electron chi connectivity index (χ3n) is 4.33. The van der Waals surface area contributed by atoms with Crippen LogP contribution in [0.5, 0.6) is 0 Å². The molecule has 0 radical (unpaired) electrons. The SMILES string of the molecule is Brc1ccc(-c2ccc(-c3ccc(CCCN4CCOCC4)s3)s2)s1. The lowest BCUT2D eigenvalue weighted by molar-refractivity contribution is 0.0375. The molecule has 0 N–H and O–H groups in total. The Kier molecular flexibility index (Phi) is 6.05. The van der Waals surface area contributed by atoms with Gasteiger partial charge in [0.2, 0.25) is 0 Å². The van der Waals surface area contributed by atoms with Gasteiger partial charge in [-0.1, -0.05) is 0 Å². The van der Waals surface area contributed by atoms with Crippen LogP contribution >= 0.6 is 49.9 Å². The van der Waals surface area contributed by atoms with E-state index in [2.05, 4.69) is 57.2 Å². The van der Waals surface area contributed by atoms with Gasteiger partial charge in [0.25, 0.3) is 0 Å². The van der Waals surface area contributed by atoms with Crippen LogP contribution in [0.1, 0.15) is 11.3 Å². The van der Waals surface area contributed by atoms with Gasteiger partial charge >= 0.3 is 0 Å². The first-order chi connectivity index (χ1) is 12.3. The molecule has 0 aromatic carbocycles. The van der Waals surface area contributed by atoms with Crippen LogP contribution in [-0.4, -0.2) is 37.7 Å². The third kappa shape index (κ3) is 4.62. The number of ether oxygens (including phenoxy) is 1. The molecule has 0 amide bonds. The van der Waals surface area contributed by atoms with Crippen molar-refractivity contribution in [1.82, 2.24) is 4.90 Å². The Hall–Kier alpha value is -0.500. The molecule has 0 spiro atoms. The summed E-state index contributed by atoms with van der Waals surface area (Å²) in [5.74, 6) is 0. The normalized spacial score (nSPS) is 15.7. The number of aryl methyl sites for hydroxylation is 1. The van der Waals surface area contributed by atoms with Crippen molar-refractivity contribution in [1.29, 1.82) is 0 Å². The van der Waals surface area contributed by atoms with Crippen molar-refractivity contribution in [3.8, 4) is 19.5 Å². The molecule has 1 aliphatic rings. The second-order valence-electron chi connectivity index (χ2n) is 6.09. The van der Waals surface area contributed by atoms with E-state index in [1.807, 2.05) is 22.7 Å². The van der Waals surface area contributed by atoms with E-state index in [1.165, 1.54) is 47.6 Å². The van der Waals surface area contributed by atoms with E-state index < -0.39 is 0 Å². The van der Waals surface area contributed by atoms with Gasteiger partial charge in [-0.3, -0.25) is 4.90 Å². The Bertz CT molecular complexity index is 816. The highest BCUT2D eigenvalue weighted by molar-refractivity contribution is 9.11. The molecule has 3 aromatic heterocycles. The van der Waals surface area contributed by atoms with E-state index in [1.54, 1.807) is 11.3 Å². The van der Waals surface area contributed by atoms with E-state index >= 15 is 0 Å². The van der Waals surface area contributed by atoms with Gasteiger partial charge in [-0.05, 0) is 71.7 Å². The van der Waals surface area contributed by atoms with Gasteiger partial charge in [-0.15, -0.1) is 34.0 Å². The summed E-state index contributed by atoms with van der Waals surface area (Å²) in [6.07, 6.45) is 2.41. The summed E-state index contributed by atoms with van der Waals surface area (Å²) >= 11 is 9.19. The number of hydrogen-bond acceptors (Lipinski definition) is 5. The highest BCUT2D eigenvalue weighted by Crippen LogP contribution is 2.40. The molecule has 4 heterocycles. The average molecular weight is 454 g/mol. The molecule has 6 heteroatoms. The van der Waals surface area contributed by atoms with Crippen LogP contribution in [0, 0.1) is 0 Å². The molecule has 0 bridgehead atoms. The predicted molar refractivity (Wildman–Crippen MR) is 114 cm³/mol. The van der Waals surface area contributed by atoms with E-state index in [4.69, 9.17) is 4.74 Å². The summed E-state index contributed by atoms with van der Waals surface area (Å²) in [5, 5.41) is 0. The first-order valence-electron chi connectivity index (χ1n) is 8.53. The van der Waals surface area contributed by atoms with Crippen LogP contribution in [0.4, 0.5) is 0 Å². The standard InChI is InChI=1S/C19H20BrNOS3/c20-19-8-7-18(25-19)17-6-5-16(24-17)15-4-3-14(23-15)2-1-9-21-10-12-22-13-11-21/h3-8H,1-2,9-13H2. The summed E-state index contributed by atoms with van der Waals surface area (Å²) in [5.41, 5.74) is 0. The smallest absolute Gasteiger partial charge is 0.0705 e. The fraction of sp³-hybridized carbons (Fsp3) is 0.368. The minimum Gasteiger partial charge on any atom is -0.379 e. The second-order valence-corrected chi connectivity index (χ2v) is 10.8. The van der Waals surface area contributed by atoms with Gasteiger partial charge in [0.05, 0.1) is 17.0 Å². The topological polar surface area (TPSA) is 12.5 Å². The van der Waals surface area contributed by atoms with Crippen LogP contribution in [0.3, 0.4) is 0 Å². The first kappa shape index (κ1) is 17.9. The zero-order valence-corrected chi connectivity index (χ0v) is 17.9. The lowest BCUT2D eigenvalue weighted by Crippen LogP contribution is -2.36. The number of halogens is 1. The molecule has 0 aliphatic carbocycles. The lowest BCUT2D eigenvalue weighted by Gasteiger charge is -2.26. The van der Waals surface area contributed by atoms with Crippen molar-refractivity contribution < 1.29 is 4.74 Å². The maximum Gasteiger partial charge on any atom is 0.0705 e. The molecule has 25 heavy (non-hydrogen) atoms. The zero-order valence-electron chi connectivity index (χ0n) is 13.9. The van der Waals surface area contributed by atoms with Crippen molar-refractivity contribution >= 4 is 49.9 Å². The monoisotopic (exact) mass is 453 g/mol. The first-order valence-corrected chi connectivity index (χ1v) is 11.8.